The number of nitrogens with zero attached hydrogens (tertiary/aromatic N) is 3. The van der Waals surface area contributed by atoms with Crippen molar-refractivity contribution >= 4 is 5.91 Å². The van der Waals surface area contributed by atoms with Crippen LogP contribution < -0.4 is 0 Å². The van der Waals surface area contributed by atoms with E-state index in [1.165, 1.54) is 11.1 Å². The highest BCUT2D eigenvalue weighted by atomic mass is 16.2. The Balaban J connectivity index is 1.45. The standard InChI is InChI=1S/C20H25N3O/c1-22-14-17(13-21-22)12-16-8-11-23(15-16)19(24)20(9-5-10-20)18-6-3-2-4-7-18/h2-4,6-7,13-14,16H,5,8-12,15H2,1H3. The lowest BCUT2D eigenvalue weighted by molar-refractivity contribution is -0.140. The smallest absolute Gasteiger partial charge is 0.233 e. The monoisotopic (exact) mass is 323 g/mol. The minimum atomic E-state index is -0.246. The fourth-order valence-electron chi connectivity index (χ4n) is 4.31. The lowest BCUT2D eigenvalue weighted by Crippen LogP contribution is -2.50. The van der Waals surface area contributed by atoms with E-state index in [0.29, 0.717) is 11.8 Å². The lowest BCUT2D eigenvalue weighted by atomic mass is 9.63. The minimum Gasteiger partial charge on any atom is -0.342 e. The molecule has 1 amide bonds. The highest BCUT2D eigenvalue weighted by molar-refractivity contribution is 5.89. The van der Waals surface area contributed by atoms with Gasteiger partial charge in [0.05, 0.1) is 11.6 Å². The molecule has 1 aromatic carbocycles. The molecule has 4 rings (SSSR count). The Hall–Kier alpha value is -2.10. The number of likely N-dealkylation sites (tertiary alicyclic amines) is 1. The molecular formula is C20H25N3O. The van der Waals surface area contributed by atoms with Crippen LogP contribution in [0.25, 0.3) is 0 Å². The second kappa shape index (κ2) is 6.08. The Kier molecular flexibility index (Phi) is 3.91. The van der Waals surface area contributed by atoms with Gasteiger partial charge in [-0.15, -0.1) is 0 Å². The van der Waals surface area contributed by atoms with Crippen molar-refractivity contribution in [2.75, 3.05) is 13.1 Å². The third-order valence-corrected chi connectivity index (χ3v) is 5.80. The van der Waals surface area contributed by atoms with E-state index in [0.717, 1.165) is 45.2 Å². The topological polar surface area (TPSA) is 38.1 Å². The van der Waals surface area contributed by atoms with Gasteiger partial charge in [-0.1, -0.05) is 36.8 Å². The number of aromatic nitrogens is 2. The molecule has 1 aliphatic carbocycles. The largest absolute Gasteiger partial charge is 0.342 e. The summed E-state index contributed by atoms with van der Waals surface area (Å²) in [6, 6.07) is 10.4. The van der Waals surface area contributed by atoms with Crippen LogP contribution in [0.5, 0.6) is 0 Å². The van der Waals surface area contributed by atoms with Gasteiger partial charge in [0.15, 0.2) is 0 Å². The van der Waals surface area contributed by atoms with Crippen LogP contribution in [0.3, 0.4) is 0 Å². The molecule has 1 atom stereocenters. The van der Waals surface area contributed by atoms with Crippen LogP contribution in [-0.4, -0.2) is 33.7 Å². The number of carbonyl (C=O) groups excluding carboxylic acids is 1. The van der Waals surface area contributed by atoms with Crippen molar-refractivity contribution in [3.8, 4) is 0 Å². The SMILES string of the molecule is Cn1cc(CC2CCN(C(=O)C3(c4ccccc4)CCC3)C2)cn1. The van der Waals surface area contributed by atoms with Gasteiger partial charge in [0, 0.05) is 26.3 Å². The van der Waals surface area contributed by atoms with E-state index in [2.05, 4.69) is 40.5 Å². The zero-order chi connectivity index (χ0) is 16.6. The fourth-order valence-corrected chi connectivity index (χ4v) is 4.31. The molecule has 2 heterocycles. The van der Waals surface area contributed by atoms with E-state index in [4.69, 9.17) is 0 Å². The second-order valence-electron chi connectivity index (χ2n) is 7.43. The van der Waals surface area contributed by atoms with Crippen LogP contribution in [0.2, 0.25) is 0 Å². The summed E-state index contributed by atoms with van der Waals surface area (Å²) in [6.07, 6.45) is 9.32. The van der Waals surface area contributed by atoms with Gasteiger partial charge in [0.1, 0.15) is 0 Å². The Labute approximate surface area is 143 Å². The van der Waals surface area contributed by atoms with Crippen LogP contribution >= 0.6 is 0 Å². The summed E-state index contributed by atoms with van der Waals surface area (Å²) in [7, 11) is 1.95. The van der Waals surface area contributed by atoms with Gasteiger partial charge in [-0.05, 0) is 42.7 Å². The summed E-state index contributed by atoms with van der Waals surface area (Å²) in [5, 5.41) is 4.25. The number of hydrogen-bond acceptors (Lipinski definition) is 2. The molecule has 1 aliphatic heterocycles. The Morgan fingerprint density at radius 1 is 1.29 bits per heavy atom. The number of benzene rings is 1. The zero-order valence-corrected chi connectivity index (χ0v) is 14.3. The van der Waals surface area contributed by atoms with Crippen molar-refractivity contribution < 1.29 is 4.79 Å². The zero-order valence-electron chi connectivity index (χ0n) is 14.3. The predicted molar refractivity (Wildman–Crippen MR) is 93.6 cm³/mol. The molecule has 4 nitrogen and oxygen atoms in total. The Bertz CT molecular complexity index is 717. The van der Waals surface area contributed by atoms with E-state index in [-0.39, 0.29) is 5.41 Å². The molecule has 24 heavy (non-hydrogen) atoms. The van der Waals surface area contributed by atoms with Gasteiger partial charge >= 0.3 is 0 Å². The van der Waals surface area contributed by atoms with Crippen molar-refractivity contribution in [1.82, 2.24) is 14.7 Å². The van der Waals surface area contributed by atoms with Crippen LogP contribution in [-0.2, 0) is 23.7 Å². The summed E-state index contributed by atoms with van der Waals surface area (Å²) in [6.45, 7) is 1.79. The van der Waals surface area contributed by atoms with Gasteiger partial charge in [0.25, 0.3) is 0 Å². The maximum Gasteiger partial charge on any atom is 0.233 e. The molecule has 0 spiro atoms. The van der Waals surface area contributed by atoms with E-state index in [1.54, 1.807) is 0 Å². The van der Waals surface area contributed by atoms with Gasteiger partial charge in [0.2, 0.25) is 5.91 Å². The number of amides is 1. The first-order valence-electron chi connectivity index (χ1n) is 9.00. The third kappa shape index (κ3) is 2.64. The molecule has 0 bridgehead atoms. The highest BCUT2D eigenvalue weighted by Gasteiger charge is 2.48. The quantitative estimate of drug-likeness (QED) is 0.868. The van der Waals surface area contributed by atoms with Crippen molar-refractivity contribution in [3.05, 3.63) is 53.9 Å². The van der Waals surface area contributed by atoms with E-state index in [9.17, 15) is 4.79 Å². The molecule has 1 aromatic heterocycles. The molecule has 2 aromatic rings. The summed E-state index contributed by atoms with van der Waals surface area (Å²) >= 11 is 0. The van der Waals surface area contributed by atoms with Gasteiger partial charge < -0.3 is 4.90 Å². The predicted octanol–water partition coefficient (Wildman–Crippen LogP) is 2.93. The summed E-state index contributed by atoms with van der Waals surface area (Å²) in [5.41, 5.74) is 2.24. The van der Waals surface area contributed by atoms with E-state index >= 15 is 0 Å². The number of carbonyl (C=O) groups is 1. The molecule has 126 valence electrons. The Morgan fingerprint density at radius 2 is 2.08 bits per heavy atom. The normalized spacial score (nSPS) is 22.4. The Morgan fingerprint density at radius 3 is 2.71 bits per heavy atom. The molecule has 2 fully saturated rings. The third-order valence-electron chi connectivity index (χ3n) is 5.80. The van der Waals surface area contributed by atoms with E-state index in [1.807, 2.05) is 24.0 Å². The van der Waals surface area contributed by atoms with Crippen LogP contribution in [0.4, 0.5) is 0 Å². The van der Waals surface area contributed by atoms with Crippen molar-refractivity contribution in [1.29, 1.82) is 0 Å². The average Bonchev–Trinajstić information content (AvgIpc) is 3.17. The minimum absolute atomic E-state index is 0.246. The van der Waals surface area contributed by atoms with Crippen molar-refractivity contribution in [3.63, 3.8) is 0 Å². The molecule has 1 saturated heterocycles. The highest BCUT2D eigenvalue weighted by Crippen LogP contribution is 2.45. The first-order valence-corrected chi connectivity index (χ1v) is 9.00. The summed E-state index contributed by atoms with van der Waals surface area (Å²) in [4.78, 5) is 15.4. The molecule has 1 saturated carbocycles. The van der Waals surface area contributed by atoms with Gasteiger partial charge in [-0.25, -0.2) is 0 Å². The summed E-state index contributed by atoms with van der Waals surface area (Å²) in [5.74, 6) is 0.916. The first kappa shape index (κ1) is 15.4. The van der Waals surface area contributed by atoms with E-state index < -0.39 is 0 Å². The molecule has 2 aliphatic rings. The number of aryl methyl sites for hydroxylation is 1. The molecule has 1 unspecified atom stereocenters. The van der Waals surface area contributed by atoms with Crippen LogP contribution in [0.15, 0.2) is 42.7 Å². The van der Waals surface area contributed by atoms with Crippen LogP contribution in [0.1, 0.15) is 36.8 Å². The maximum atomic E-state index is 13.3. The molecule has 4 heteroatoms. The second-order valence-corrected chi connectivity index (χ2v) is 7.43. The molecule has 0 N–H and O–H groups in total. The summed E-state index contributed by atoms with van der Waals surface area (Å²) < 4.78 is 1.85. The molecular weight excluding hydrogens is 298 g/mol. The van der Waals surface area contributed by atoms with Crippen molar-refractivity contribution in [2.45, 2.75) is 37.5 Å². The van der Waals surface area contributed by atoms with Gasteiger partial charge in [-0.2, -0.15) is 5.10 Å². The van der Waals surface area contributed by atoms with Crippen LogP contribution in [0, 0.1) is 5.92 Å². The first-order chi connectivity index (χ1) is 11.7. The number of rotatable bonds is 4. The van der Waals surface area contributed by atoms with Gasteiger partial charge in [-0.3, -0.25) is 9.48 Å². The maximum absolute atomic E-state index is 13.3. The fraction of sp³-hybridized carbons (Fsp3) is 0.500. The number of hydrogen-bond donors (Lipinski definition) is 0. The lowest BCUT2D eigenvalue weighted by Gasteiger charge is -2.43. The van der Waals surface area contributed by atoms with Crippen molar-refractivity contribution in [2.24, 2.45) is 13.0 Å². The average molecular weight is 323 g/mol. The molecule has 0 radical (unpaired) electrons.